The minimum absolute atomic E-state index is 0.166. The van der Waals surface area contributed by atoms with Crippen molar-refractivity contribution < 1.29 is 4.79 Å². The highest BCUT2D eigenvalue weighted by Gasteiger charge is 2.32. The molecule has 0 bridgehead atoms. The fourth-order valence-corrected chi connectivity index (χ4v) is 4.56. The van der Waals surface area contributed by atoms with Gasteiger partial charge in [-0.05, 0) is 38.5 Å². The van der Waals surface area contributed by atoms with Gasteiger partial charge in [0.1, 0.15) is 5.82 Å². The van der Waals surface area contributed by atoms with E-state index in [1.165, 1.54) is 25.7 Å². The number of aromatic nitrogens is 4. The summed E-state index contributed by atoms with van der Waals surface area (Å²) in [5.41, 5.74) is 0.858. The lowest BCUT2D eigenvalue weighted by Gasteiger charge is -2.34. The van der Waals surface area contributed by atoms with Crippen LogP contribution in [0.2, 0.25) is 0 Å². The first-order valence-electron chi connectivity index (χ1n) is 10.5. The number of hydrogen-bond donors (Lipinski definition) is 0. The van der Waals surface area contributed by atoms with Crippen molar-refractivity contribution in [2.45, 2.75) is 57.3 Å². The number of hydrogen-bond acceptors (Lipinski definition) is 5. The largest absolute Gasteiger partial charge is 0.353 e. The molecule has 0 unspecified atom stereocenters. The molecule has 2 aromatic heterocycles. The van der Waals surface area contributed by atoms with Gasteiger partial charge in [-0.3, -0.25) is 9.20 Å². The zero-order chi connectivity index (χ0) is 18.2. The lowest BCUT2D eigenvalue weighted by Crippen LogP contribution is -2.43. The molecule has 3 fully saturated rings. The van der Waals surface area contributed by atoms with Gasteiger partial charge in [0.05, 0.1) is 0 Å². The van der Waals surface area contributed by atoms with Gasteiger partial charge in [0.15, 0.2) is 5.82 Å². The zero-order valence-corrected chi connectivity index (χ0v) is 15.9. The van der Waals surface area contributed by atoms with Crippen LogP contribution < -0.4 is 4.90 Å². The van der Waals surface area contributed by atoms with Crippen LogP contribution in [0.15, 0.2) is 12.4 Å². The van der Waals surface area contributed by atoms with E-state index in [4.69, 9.17) is 0 Å². The number of likely N-dealkylation sites (tertiary alicyclic amines) is 1. The molecule has 144 valence electrons. The van der Waals surface area contributed by atoms with Crippen molar-refractivity contribution in [1.82, 2.24) is 24.5 Å². The molecule has 3 aliphatic rings. The number of piperidine rings is 1. The summed E-state index contributed by atoms with van der Waals surface area (Å²) in [5.74, 6) is 3.09. The number of nitrogens with zero attached hydrogens (tertiary/aromatic N) is 6. The summed E-state index contributed by atoms with van der Waals surface area (Å²) in [7, 11) is 0. The van der Waals surface area contributed by atoms with Gasteiger partial charge in [-0.15, -0.1) is 10.2 Å². The molecule has 27 heavy (non-hydrogen) atoms. The molecule has 1 aliphatic carbocycles. The molecule has 5 rings (SSSR count). The molecule has 2 aliphatic heterocycles. The van der Waals surface area contributed by atoms with Crippen LogP contribution in [-0.4, -0.2) is 56.6 Å². The molecule has 4 heterocycles. The predicted octanol–water partition coefficient (Wildman–Crippen LogP) is 2.62. The average Bonchev–Trinajstić information content (AvgIpc) is 3.51. The summed E-state index contributed by atoms with van der Waals surface area (Å²) in [5, 5.41) is 8.84. The third-order valence-electron chi connectivity index (χ3n) is 6.34. The van der Waals surface area contributed by atoms with Gasteiger partial charge in [-0.1, -0.05) is 12.8 Å². The summed E-state index contributed by atoms with van der Waals surface area (Å²) < 4.78 is 2.11. The molecule has 1 amide bonds. The normalized spacial score (nSPS) is 22.2. The predicted molar refractivity (Wildman–Crippen MR) is 103 cm³/mol. The number of amides is 1. The van der Waals surface area contributed by atoms with E-state index in [2.05, 4.69) is 29.4 Å². The number of fused-ring (bicyclic) bond motifs is 1. The highest BCUT2D eigenvalue weighted by molar-refractivity contribution is 5.79. The van der Waals surface area contributed by atoms with Crippen molar-refractivity contribution in [2.24, 2.45) is 5.92 Å². The molecule has 0 spiro atoms. The fraction of sp³-hybridized carbons (Fsp3) is 0.700. The Hall–Kier alpha value is -2.18. The van der Waals surface area contributed by atoms with Crippen LogP contribution in [0.5, 0.6) is 0 Å². The van der Waals surface area contributed by atoms with Crippen molar-refractivity contribution in [3.63, 3.8) is 0 Å². The molecule has 0 N–H and O–H groups in total. The second kappa shape index (κ2) is 7.09. The van der Waals surface area contributed by atoms with Crippen LogP contribution in [0.1, 0.15) is 63.1 Å². The van der Waals surface area contributed by atoms with Gasteiger partial charge in [0, 0.05) is 50.4 Å². The van der Waals surface area contributed by atoms with Crippen molar-refractivity contribution in [3.05, 3.63) is 18.2 Å². The molecule has 0 aromatic carbocycles. The van der Waals surface area contributed by atoms with Crippen molar-refractivity contribution in [3.8, 4) is 0 Å². The molecular formula is C20H28N6O. The molecule has 7 nitrogen and oxygen atoms in total. The van der Waals surface area contributed by atoms with Crippen molar-refractivity contribution in [2.75, 3.05) is 31.1 Å². The van der Waals surface area contributed by atoms with Gasteiger partial charge in [-0.25, -0.2) is 4.98 Å². The van der Waals surface area contributed by atoms with E-state index in [0.29, 0.717) is 11.8 Å². The highest BCUT2D eigenvalue weighted by atomic mass is 16.2. The number of carbonyl (C=O) groups is 1. The maximum Gasteiger partial charge on any atom is 0.225 e. The molecule has 7 heteroatoms. The smallest absolute Gasteiger partial charge is 0.225 e. The Bertz CT molecular complexity index is 813. The Labute approximate surface area is 159 Å². The Morgan fingerprint density at radius 1 is 0.926 bits per heavy atom. The maximum atomic E-state index is 12.9. The summed E-state index contributed by atoms with van der Waals surface area (Å²) in [6.07, 6.45) is 12.9. The lowest BCUT2D eigenvalue weighted by atomic mass is 9.95. The van der Waals surface area contributed by atoms with E-state index in [0.717, 1.165) is 69.2 Å². The van der Waals surface area contributed by atoms with E-state index in [1.807, 2.05) is 12.4 Å². The summed E-state index contributed by atoms with van der Waals surface area (Å²) >= 11 is 0. The van der Waals surface area contributed by atoms with Gasteiger partial charge in [0.25, 0.3) is 0 Å². The van der Waals surface area contributed by atoms with Crippen LogP contribution in [0.25, 0.3) is 5.65 Å². The van der Waals surface area contributed by atoms with E-state index >= 15 is 0 Å². The summed E-state index contributed by atoms with van der Waals surface area (Å²) in [4.78, 5) is 21.9. The van der Waals surface area contributed by atoms with E-state index in [1.54, 1.807) is 0 Å². The van der Waals surface area contributed by atoms with Crippen molar-refractivity contribution >= 4 is 17.4 Å². The van der Waals surface area contributed by atoms with Crippen LogP contribution in [0, 0.1) is 5.92 Å². The standard InChI is InChI=1S/C20H28N6O/c27-20(25-10-3-1-2-4-11-25)16-7-12-24(13-8-16)18-19-23-22-17(15-5-6-15)26(19)14-9-21-18/h9,14-16H,1-8,10-13H2. The van der Waals surface area contributed by atoms with Gasteiger partial charge >= 0.3 is 0 Å². The SMILES string of the molecule is O=C(C1CCN(c2nccn3c(C4CC4)nnc23)CC1)N1CCCCCC1. The molecule has 0 atom stereocenters. The minimum Gasteiger partial charge on any atom is -0.353 e. The molecule has 2 aromatic rings. The summed E-state index contributed by atoms with van der Waals surface area (Å²) in [6, 6.07) is 0. The number of rotatable bonds is 3. The van der Waals surface area contributed by atoms with Gasteiger partial charge in [-0.2, -0.15) is 0 Å². The highest BCUT2D eigenvalue weighted by Crippen LogP contribution is 2.39. The Morgan fingerprint density at radius 2 is 1.67 bits per heavy atom. The van der Waals surface area contributed by atoms with E-state index in [9.17, 15) is 4.79 Å². The number of carbonyl (C=O) groups excluding carboxylic acids is 1. The van der Waals surface area contributed by atoms with Gasteiger partial charge in [0.2, 0.25) is 11.6 Å². The third kappa shape index (κ3) is 3.28. The maximum absolute atomic E-state index is 12.9. The Morgan fingerprint density at radius 3 is 2.37 bits per heavy atom. The fourth-order valence-electron chi connectivity index (χ4n) is 4.56. The first-order valence-corrected chi connectivity index (χ1v) is 10.5. The number of anilines is 1. The van der Waals surface area contributed by atoms with Gasteiger partial charge < -0.3 is 9.80 Å². The van der Waals surface area contributed by atoms with Crippen LogP contribution in [0.3, 0.4) is 0 Å². The quantitative estimate of drug-likeness (QED) is 0.833. The lowest BCUT2D eigenvalue weighted by molar-refractivity contribution is -0.136. The Kier molecular flexibility index (Phi) is 4.45. The summed E-state index contributed by atoms with van der Waals surface area (Å²) in [6.45, 7) is 3.62. The van der Waals surface area contributed by atoms with E-state index < -0.39 is 0 Å². The monoisotopic (exact) mass is 368 g/mol. The van der Waals surface area contributed by atoms with Crippen molar-refractivity contribution in [1.29, 1.82) is 0 Å². The topological polar surface area (TPSA) is 66.6 Å². The molecule has 2 saturated heterocycles. The van der Waals surface area contributed by atoms with Crippen LogP contribution >= 0.6 is 0 Å². The minimum atomic E-state index is 0.166. The van der Waals surface area contributed by atoms with Crippen LogP contribution in [-0.2, 0) is 4.79 Å². The zero-order valence-electron chi connectivity index (χ0n) is 15.9. The second-order valence-corrected chi connectivity index (χ2v) is 8.28. The average molecular weight is 368 g/mol. The second-order valence-electron chi connectivity index (χ2n) is 8.28. The third-order valence-corrected chi connectivity index (χ3v) is 6.34. The van der Waals surface area contributed by atoms with Crippen LogP contribution in [0.4, 0.5) is 5.82 Å². The first kappa shape index (κ1) is 17.0. The Balaban J connectivity index is 1.28. The first-order chi connectivity index (χ1) is 13.3. The van der Waals surface area contributed by atoms with E-state index in [-0.39, 0.29) is 5.92 Å². The molecule has 1 saturated carbocycles. The molecular weight excluding hydrogens is 340 g/mol. The molecule has 0 radical (unpaired) electrons.